The van der Waals surface area contributed by atoms with Gasteiger partial charge in [0.1, 0.15) is 35.9 Å². The third kappa shape index (κ3) is 11.6. The van der Waals surface area contributed by atoms with Crippen LogP contribution in [0.2, 0.25) is 0 Å². The fourth-order valence-corrected chi connectivity index (χ4v) is 5.75. The van der Waals surface area contributed by atoms with Gasteiger partial charge in [-0.2, -0.15) is 10.1 Å². The van der Waals surface area contributed by atoms with Crippen LogP contribution in [0, 0.1) is 11.8 Å². The number of carbonyl (C=O) groups is 2. The average molecular weight is 689 g/mol. The molecule has 1 aliphatic rings. The van der Waals surface area contributed by atoms with E-state index in [9.17, 15) is 24.1 Å². The molecule has 262 valence electrons. The van der Waals surface area contributed by atoms with Gasteiger partial charge in [0.15, 0.2) is 0 Å². The van der Waals surface area contributed by atoms with Crippen molar-refractivity contribution in [2.45, 2.75) is 83.8 Å². The summed E-state index contributed by atoms with van der Waals surface area (Å²) in [5.74, 6) is -5.26. The summed E-state index contributed by atoms with van der Waals surface area (Å²) < 4.78 is 72.1. The van der Waals surface area contributed by atoms with E-state index in [0.717, 1.165) is 10.8 Å². The number of hydrogen-bond donors (Lipinski definition) is 3. The number of nitrogens with zero attached hydrogens (tertiary/aromatic N) is 2. The summed E-state index contributed by atoms with van der Waals surface area (Å²) in [7, 11) is -4.69. The van der Waals surface area contributed by atoms with Gasteiger partial charge in [-0.05, 0) is 42.9 Å². The predicted octanol–water partition coefficient (Wildman–Crippen LogP) is 3.32. The maximum Gasteiger partial charge on any atom is 0.459 e. The number of esters is 2. The van der Waals surface area contributed by atoms with Gasteiger partial charge in [0, 0.05) is 6.20 Å². The van der Waals surface area contributed by atoms with Crippen molar-refractivity contribution in [3.63, 3.8) is 0 Å². The van der Waals surface area contributed by atoms with E-state index in [-0.39, 0.29) is 36.6 Å². The number of halogens is 2. The van der Waals surface area contributed by atoms with Crippen LogP contribution in [0.3, 0.4) is 0 Å². The number of aliphatic hydroxyl groups excluding tert-OH is 1. The Labute approximate surface area is 271 Å². The average Bonchev–Trinajstić information content (AvgIpc) is 3.20. The summed E-state index contributed by atoms with van der Waals surface area (Å²) in [6.07, 6.45) is -4.57. The van der Waals surface area contributed by atoms with Gasteiger partial charge in [-0.25, -0.2) is 18.1 Å². The SMILES string of the molecule is CC(C)CCOC(=O)C[C@H](NP(=O)(OC[C@H]1O[C@@H](Cn2ccc(N)nc2=O)C(F)(F)[C@@H]1O)Oc1ccccc1)C(=O)OCCC(C)C. The maximum absolute atomic E-state index is 15.1. The summed E-state index contributed by atoms with van der Waals surface area (Å²) in [6.45, 7) is 6.22. The summed E-state index contributed by atoms with van der Waals surface area (Å²) in [5.41, 5.74) is 4.55. The zero-order chi connectivity index (χ0) is 34.8. The van der Waals surface area contributed by atoms with Gasteiger partial charge in [-0.1, -0.05) is 45.9 Å². The number of nitrogens with one attached hydrogen (secondary N) is 1. The minimum Gasteiger partial charge on any atom is -0.466 e. The molecular formula is C30H43F2N4O10P. The van der Waals surface area contributed by atoms with Gasteiger partial charge >= 0.3 is 31.3 Å². The van der Waals surface area contributed by atoms with E-state index in [0.29, 0.717) is 12.8 Å². The van der Waals surface area contributed by atoms with Crippen molar-refractivity contribution in [2.24, 2.45) is 11.8 Å². The number of nitrogens with two attached hydrogens (primary N) is 1. The van der Waals surface area contributed by atoms with Crippen LogP contribution in [0.15, 0.2) is 47.4 Å². The van der Waals surface area contributed by atoms with Gasteiger partial charge in [0.25, 0.3) is 0 Å². The molecule has 1 unspecified atom stereocenters. The molecular weight excluding hydrogens is 645 g/mol. The number of para-hydroxylation sites is 1. The van der Waals surface area contributed by atoms with Crippen molar-refractivity contribution in [1.82, 2.24) is 14.6 Å². The van der Waals surface area contributed by atoms with Crippen LogP contribution in [-0.4, -0.2) is 76.7 Å². The number of carbonyl (C=O) groups excluding carboxylic acids is 2. The molecule has 1 aliphatic heterocycles. The number of benzene rings is 1. The molecule has 1 aromatic carbocycles. The molecule has 1 saturated heterocycles. The fraction of sp³-hybridized carbons (Fsp3) is 0.600. The quantitative estimate of drug-likeness (QED) is 0.153. The molecule has 47 heavy (non-hydrogen) atoms. The Hall–Kier alpha value is -3.43. The zero-order valence-corrected chi connectivity index (χ0v) is 27.6. The number of ether oxygens (including phenoxy) is 3. The highest BCUT2D eigenvalue weighted by Gasteiger charge is 2.58. The first-order valence-corrected chi connectivity index (χ1v) is 16.8. The third-order valence-corrected chi connectivity index (χ3v) is 8.59. The first-order chi connectivity index (χ1) is 22.1. The summed E-state index contributed by atoms with van der Waals surface area (Å²) in [6, 6.07) is 7.28. The molecule has 0 aliphatic carbocycles. The Kier molecular flexibility index (Phi) is 13.8. The number of rotatable bonds is 18. The van der Waals surface area contributed by atoms with Gasteiger partial charge in [0.05, 0.1) is 32.8 Å². The molecule has 5 atom stereocenters. The molecule has 17 heteroatoms. The van der Waals surface area contributed by atoms with Crippen LogP contribution < -0.4 is 21.0 Å². The van der Waals surface area contributed by atoms with Crippen molar-refractivity contribution in [3.05, 3.63) is 53.1 Å². The van der Waals surface area contributed by atoms with E-state index >= 15 is 8.78 Å². The van der Waals surface area contributed by atoms with Gasteiger partial charge < -0.3 is 29.6 Å². The molecule has 1 aromatic heterocycles. The van der Waals surface area contributed by atoms with Crippen LogP contribution in [0.4, 0.5) is 14.6 Å². The van der Waals surface area contributed by atoms with E-state index in [1.807, 2.05) is 27.7 Å². The highest BCUT2D eigenvalue weighted by atomic mass is 31.2. The van der Waals surface area contributed by atoms with E-state index in [1.165, 1.54) is 18.2 Å². The number of alkyl halides is 2. The Morgan fingerprint density at radius 1 is 1.11 bits per heavy atom. The van der Waals surface area contributed by atoms with Gasteiger partial charge in [-0.15, -0.1) is 0 Å². The minimum absolute atomic E-state index is 0.00691. The lowest BCUT2D eigenvalue weighted by molar-refractivity contribution is -0.152. The van der Waals surface area contributed by atoms with Crippen LogP contribution in [0.1, 0.15) is 47.0 Å². The molecule has 2 aromatic rings. The molecule has 0 bridgehead atoms. The van der Waals surface area contributed by atoms with Crippen LogP contribution in [-0.2, 0) is 39.4 Å². The Morgan fingerprint density at radius 2 is 1.74 bits per heavy atom. The van der Waals surface area contributed by atoms with Crippen LogP contribution >= 0.6 is 7.75 Å². The zero-order valence-electron chi connectivity index (χ0n) is 26.8. The summed E-state index contributed by atoms with van der Waals surface area (Å²) in [5, 5.41) is 12.9. The smallest absolute Gasteiger partial charge is 0.459 e. The van der Waals surface area contributed by atoms with E-state index in [4.69, 9.17) is 29.0 Å². The molecule has 4 N–H and O–H groups in total. The Bertz CT molecular complexity index is 1430. The fourth-order valence-electron chi connectivity index (χ4n) is 4.25. The van der Waals surface area contributed by atoms with Crippen molar-refractivity contribution >= 4 is 25.5 Å². The van der Waals surface area contributed by atoms with Gasteiger partial charge in [-0.3, -0.25) is 18.7 Å². The maximum atomic E-state index is 15.1. The van der Waals surface area contributed by atoms with Crippen molar-refractivity contribution in [3.8, 4) is 5.75 Å². The topological polar surface area (TPSA) is 191 Å². The first kappa shape index (κ1) is 38.0. The number of aromatic nitrogens is 2. The van der Waals surface area contributed by atoms with Crippen molar-refractivity contribution in [2.75, 3.05) is 25.6 Å². The summed E-state index contributed by atoms with van der Waals surface area (Å²) >= 11 is 0. The predicted molar refractivity (Wildman–Crippen MR) is 166 cm³/mol. The van der Waals surface area contributed by atoms with E-state index < -0.39 is 75.2 Å². The highest BCUT2D eigenvalue weighted by Crippen LogP contribution is 2.47. The second-order valence-electron chi connectivity index (χ2n) is 11.9. The molecule has 0 amide bonds. The monoisotopic (exact) mass is 688 g/mol. The highest BCUT2D eigenvalue weighted by molar-refractivity contribution is 7.52. The van der Waals surface area contributed by atoms with Gasteiger partial charge in [0.2, 0.25) is 0 Å². The van der Waals surface area contributed by atoms with E-state index in [1.54, 1.807) is 18.2 Å². The van der Waals surface area contributed by atoms with Crippen molar-refractivity contribution in [1.29, 1.82) is 0 Å². The molecule has 2 heterocycles. The molecule has 3 rings (SSSR count). The normalized spacial score (nSPS) is 20.9. The van der Waals surface area contributed by atoms with Crippen LogP contribution in [0.5, 0.6) is 5.75 Å². The molecule has 1 fully saturated rings. The molecule has 0 spiro atoms. The first-order valence-electron chi connectivity index (χ1n) is 15.2. The van der Waals surface area contributed by atoms with Crippen LogP contribution in [0.25, 0.3) is 0 Å². The largest absolute Gasteiger partial charge is 0.466 e. The lowest BCUT2D eigenvalue weighted by Gasteiger charge is -2.26. The third-order valence-electron chi connectivity index (χ3n) is 7.02. The summed E-state index contributed by atoms with van der Waals surface area (Å²) in [4.78, 5) is 41.4. The second kappa shape index (κ2) is 17.1. The lowest BCUT2D eigenvalue weighted by atomic mass is 10.1. The number of anilines is 1. The second-order valence-corrected chi connectivity index (χ2v) is 13.6. The molecule has 0 radical (unpaired) electrons. The van der Waals surface area contributed by atoms with Crippen molar-refractivity contribution < 1.29 is 51.3 Å². The molecule has 0 saturated carbocycles. The van der Waals surface area contributed by atoms with E-state index in [2.05, 4.69) is 10.1 Å². The minimum atomic E-state index is -4.69. The number of hydrogen-bond acceptors (Lipinski definition) is 12. The Morgan fingerprint density at radius 3 is 2.36 bits per heavy atom. The lowest BCUT2D eigenvalue weighted by Crippen LogP contribution is -2.43. The number of nitrogen functional groups attached to an aromatic ring is 1. The Balaban J connectivity index is 1.81. The number of aliphatic hydroxyl groups is 1. The molecule has 14 nitrogen and oxygen atoms in total. The standard InChI is InChI=1S/C30H43F2N4O10P/c1-19(2)11-14-42-26(37)16-22(28(39)43-15-12-20(3)4)35-47(41,46-21-8-6-5-7-9-21)44-18-23-27(38)30(31,32)24(45-23)17-36-13-10-25(33)34-29(36)40/h5-10,13,19-20,22-24,27,38H,11-12,14-18H2,1-4H3,(H,35,41)(H2,33,34,40)/t22-,23+,24-,27+,47?/m0/s1.